The third kappa shape index (κ3) is 5.93. The van der Waals surface area contributed by atoms with Crippen molar-refractivity contribution < 1.29 is 17.9 Å². The molecular formula is C25H34N4O4S. The van der Waals surface area contributed by atoms with Crippen LogP contribution in [0.5, 0.6) is 0 Å². The van der Waals surface area contributed by atoms with E-state index in [0.29, 0.717) is 42.0 Å². The average molecular weight is 487 g/mol. The van der Waals surface area contributed by atoms with Crippen LogP contribution in [0.3, 0.4) is 0 Å². The molecule has 2 aromatic rings. The normalized spacial score (nSPS) is 19.7. The highest BCUT2D eigenvalue weighted by Gasteiger charge is 2.30. The zero-order chi connectivity index (χ0) is 24.3. The number of benzene rings is 1. The van der Waals surface area contributed by atoms with Crippen LogP contribution in [0.15, 0.2) is 29.2 Å². The summed E-state index contributed by atoms with van der Waals surface area (Å²) in [6.45, 7) is 6.35. The van der Waals surface area contributed by atoms with Crippen LogP contribution in [0.1, 0.15) is 67.7 Å². The molecule has 2 atom stereocenters. The van der Waals surface area contributed by atoms with Gasteiger partial charge in [0, 0.05) is 37.5 Å². The predicted molar refractivity (Wildman–Crippen MR) is 130 cm³/mol. The van der Waals surface area contributed by atoms with E-state index in [4.69, 9.17) is 4.74 Å². The van der Waals surface area contributed by atoms with E-state index in [0.717, 1.165) is 55.7 Å². The van der Waals surface area contributed by atoms with Gasteiger partial charge in [0.1, 0.15) is 11.6 Å². The van der Waals surface area contributed by atoms with Crippen LogP contribution >= 0.6 is 0 Å². The van der Waals surface area contributed by atoms with E-state index in [-0.39, 0.29) is 11.9 Å². The number of aromatic nitrogens is 2. The Hall–Kier alpha value is -2.52. The number of sulfone groups is 1. The number of carbonyl (C=O) groups is 1. The Labute approximate surface area is 202 Å². The van der Waals surface area contributed by atoms with E-state index < -0.39 is 9.84 Å². The first-order chi connectivity index (χ1) is 16.2. The molecule has 3 heterocycles. The van der Waals surface area contributed by atoms with Gasteiger partial charge in [-0.1, -0.05) is 18.6 Å². The van der Waals surface area contributed by atoms with Gasteiger partial charge in [0.15, 0.2) is 9.84 Å². The van der Waals surface area contributed by atoms with Crippen LogP contribution in [0.4, 0.5) is 5.82 Å². The molecule has 1 fully saturated rings. The second kappa shape index (κ2) is 10.4. The van der Waals surface area contributed by atoms with Gasteiger partial charge in [0.25, 0.3) is 0 Å². The smallest absolute Gasteiger partial charge is 0.223 e. The molecular weight excluding hydrogens is 452 g/mol. The summed E-state index contributed by atoms with van der Waals surface area (Å²) in [7, 11) is -3.29. The second-order valence-corrected chi connectivity index (χ2v) is 11.5. The Balaban J connectivity index is 1.47. The summed E-state index contributed by atoms with van der Waals surface area (Å²) in [6, 6.07) is 6.77. The van der Waals surface area contributed by atoms with E-state index >= 15 is 0 Å². The number of hydrogen-bond donors (Lipinski definition) is 1. The molecule has 2 unspecified atom stereocenters. The highest BCUT2D eigenvalue weighted by Crippen LogP contribution is 2.31. The summed E-state index contributed by atoms with van der Waals surface area (Å²) in [4.78, 5) is 24.5. The molecule has 8 nitrogen and oxygen atoms in total. The molecule has 2 aliphatic heterocycles. The minimum Gasteiger partial charge on any atom is -0.381 e. The van der Waals surface area contributed by atoms with Gasteiger partial charge >= 0.3 is 0 Å². The van der Waals surface area contributed by atoms with Crippen LogP contribution in [0.25, 0.3) is 0 Å². The molecule has 1 aromatic carbocycles. The fraction of sp³-hybridized carbons (Fsp3) is 0.560. The van der Waals surface area contributed by atoms with Crippen LogP contribution in [0, 0.1) is 12.8 Å². The van der Waals surface area contributed by atoms with Gasteiger partial charge in [-0.2, -0.15) is 0 Å². The number of carbonyl (C=O) groups excluding carboxylic acids is 1. The van der Waals surface area contributed by atoms with Crippen molar-refractivity contribution in [1.82, 2.24) is 14.9 Å². The van der Waals surface area contributed by atoms with Crippen molar-refractivity contribution in [1.29, 1.82) is 0 Å². The number of fused-ring (bicyclic) bond motifs is 1. The van der Waals surface area contributed by atoms with Gasteiger partial charge in [-0.05, 0) is 56.7 Å². The van der Waals surface area contributed by atoms with Gasteiger partial charge in [0.2, 0.25) is 5.91 Å². The lowest BCUT2D eigenvalue weighted by molar-refractivity contribution is -0.133. The quantitative estimate of drug-likeness (QED) is 0.663. The van der Waals surface area contributed by atoms with E-state index in [1.165, 1.54) is 6.26 Å². The molecule has 1 amide bonds. The predicted octanol–water partition coefficient (Wildman–Crippen LogP) is 3.80. The molecule has 34 heavy (non-hydrogen) atoms. The Kier molecular flexibility index (Phi) is 7.52. The maximum absolute atomic E-state index is 13.1. The number of aryl methyl sites for hydroxylation is 1. The first-order valence-corrected chi connectivity index (χ1v) is 13.9. The van der Waals surface area contributed by atoms with Crippen LogP contribution in [0.2, 0.25) is 0 Å². The summed E-state index contributed by atoms with van der Waals surface area (Å²) >= 11 is 0. The van der Waals surface area contributed by atoms with Crippen molar-refractivity contribution in [2.45, 2.75) is 70.0 Å². The Bertz CT molecular complexity index is 1140. The first kappa shape index (κ1) is 24.6. The number of ether oxygens (including phenoxy) is 1. The number of anilines is 1. The van der Waals surface area contributed by atoms with Crippen molar-refractivity contribution in [3.05, 3.63) is 46.9 Å². The van der Waals surface area contributed by atoms with Gasteiger partial charge < -0.3 is 15.0 Å². The third-order valence-electron chi connectivity index (χ3n) is 6.67. The summed E-state index contributed by atoms with van der Waals surface area (Å²) < 4.78 is 29.5. The highest BCUT2D eigenvalue weighted by molar-refractivity contribution is 7.90. The molecule has 4 rings (SSSR count). The molecule has 2 aliphatic rings. The second-order valence-electron chi connectivity index (χ2n) is 9.47. The molecule has 184 valence electrons. The van der Waals surface area contributed by atoms with Crippen molar-refractivity contribution in [3.8, 4) is 0 Å². The van der Waals surface area contributed by atoms with Gasteiger partial charge in [-0.15, -0.1) is 0 Å². The van der Waals surface area contributed by atoms with E-state index in [2.05, 4.69) is 15.3 Å². The summed E-state index contributed by atoms with van der Waals surface area (Å²) in [5.74, 6) is 1.87. The minimum atomic E-state index is -3.29. The zero-order valence-corrected chi connectivity index (χ0v) is 21.0. The summed E-state index contributed by atoms with van der Waals surface area (Å²) in [5.41, 5.74) is 2.66. The molecule has 1 N–H and O–H groups in total. The fourth-order valence-electron chi connectivity index (χ4n) is 4.69. The Morgan fingerprint density at radius 1 is 1.21 bits per heavy atom. The Morgan fingerprint density at radius 3 is 2.82 bits per heavy atom. The van der Waals surface area contributed by atoms with E-state index in [9.17, 15) is 13.2 Å². The van der Waals surface area contributed by atoms with Crippen LogP contribution in [-0.4, -0.2) is 48.7 Å². The van der Waals surface area contributed by atoms with Crippen molar-refractivity contribution >= 4 is 21.6 Å². The van der Waals surface area contributed by atoms with Crippen molar-refractivity contribution in [2.24, 2.45) is 5.92 Å². The average Bonchev–Trinajstić information content (AvgIpc) is 3.19. The fourth-order valence-corrected chi connectivity index (χ4v) is 5.37. The maximum atomic E-state index is 13.1. The maximum Gasteiger partial charge on any atom is 0.223 e. The lowest BCUT2D eigenvalue weighted by Gasteiger charge is -2.22. The topological polar surface area (TPSA) is 101 Å². The van der Waals surface area contributed by atoms with Crippen LogP contribution < -0.4 is 5.32 Å². The number of rotatable bonds is 6. The van der Waals surface area contributed by atoms with Crippen molar-refractivity contribution in [2.75, 3.05) is 24.8 Å². The van der Waals surface area contributed by atoms with E-state index in [1.54, 1.807) is 18.2 Å². The molecule has 0 aliphatic carbocycles. The molecule has 0 radical (unpaired) electrons. The van der Waals surface area contributed by atoms with Gasteiger partial charge in [-0.3, -0.25) is 4.79 Å². The lowest BCUT2D eigenvalue weighted by atomic mass is 9.94. The molecule has 0 saturated carbocycles. The molecule has 0 bridgehead atoms. The minimum absolute atomic E-state index is 0.154. The number of hydrogen-bond acceptors (Lipinski definition) is 7. The SMILES string of the molecule is Cc1nc2c(c(NC(C)c3cccc(S(C)(=O)=O)c3)n1)CN(C(=O)CC1CCCCOCC1)C2. The Morgan fingerprint density at radius 2 is 2.03 bits per heavy atom. The molecule has 0 spiro atoms. The third-order valence-corrected chi connectivity index (χ3v) is 7.78. The van der Waals surface area contributed by atoms with Crippen LogP contribution in [-0.2, 0) is 32.5 Å². The van der Waals surface area contributed by atoms with Crippen molar-refractivity contribution in [3.63, 3.8) is 0 Å². The number of nitrogens with zero attached hydrogens (tertiary/aromatic N) is 3. The lowest BCUT2D eigenvalue weighted by Crippen LogP contribution is -2.28. The number of amides is 1. The summed E-state index contributed by atoms with van der Waals surface area (Å²) in [5, 5.41) is 3.43. The van der Waals surface area contributed by atoms with Gasteiger partial charge in [-0.25, -0.2) is 18.4 Å². The van der Waals surface area contributed by atoms with Gasteiger partial charge in [0.05, 0.1) is 23.7 Å². The largest absolute Gasteiger partial charge is 0.381 e. The molecule has 1 aromatic heterocycles. The first-order valence-electron chi connectivity index (χ1n) is 12.0. The molecule has 1 saturated heterocycles. The van der Waals surface area contributed by atoms with E-state index in [1.807, 2.05) is 24.8 Å². The standard InChI is InChI=1S/C25H34N4O4S/c1-17(20-8-6-9-21(14-20)34(3,31)32)26-25-22-15-29(16-23(22)27-18(2)28-25)24(30)13-19-7-4-5-11-33-12-10-19/h6,8-9,14,17,19H,4-5,7,10-13,15-16H2,1-3H3,(H,26,27,28). The molecule has 9 heteroatoms. The number of nitrogens with one attached hydrogen (secondary N) is 1. The summed E-state index contributed by atoms with van der Waals surface area (Å²) in [6.07, 6.45) is 5.93. The monoisotopic (exact) mass is 486 g/mol. The highest BCUT2D eigenvalue weighted by atomic mass is 32.2. The zero-order valence-electron chi connectivity index (χ0n) is 20.2.